The fourth-order valence-electron chi connectivity index (χ4n) is 2.80. The molecule has 2 aromatic carbocycles. The molecular weight excluding hydrogens is 368 g/mol. The van der Waals surface area contributed by atoms with Crippen LogP contribution in [0.4, 0.5) is 11.6 Å². The lowest BCUT2D eigenvalue weighted by molar-refractivity contribution is 0.102. The lowest BCUT2D eigenvalue weighted by Gasteiger charge is -2.09. The molecular formula is C22H18N4O3. The molecule has 2 heterocycles. The first-order chi connectivity index (χ1) is 14.2. The average molecular weight is 386 g/mol. The van der Waals surface area contributed by atoms with Crippen molar-refractivity contribution in [1.82, 2.24) is 10.1 Å². The van der Waals surface area contributed by atoms with Crippen LogP contribution in [0.1, 0.15) is 15.9 Å². The maximum absolute atomic E-state index is 12.8. The molecule has 0 saturated heterocycles. The number of rotatable bonds is 6. The maximum Gasteiger partial charge on any atom is 0.263 e. The third-order valence-electron chi connectivity index (χ3n) is 4.19. The number of anilines is 2. The Hall–Kier alpha value is -4.13. The summed E-state index contributed by atoms with van der Waals surface area (Å²) in [5, 5.41) is 6.69. The number of nitrogens with two attached hydrogens (primary N) is 1. The summed E-state index contributed by atoms with van der Waals surface area (Å²) in [7, 11) is 0. The number of nitrogens with one attached hydrogen (secondary N) is 1. The molecule has 0 bridgehead atoms. The molecule has 1 amide bonds. The number of aromatic nitrogens is 2. The summed E-state index contributed by atoms with van der Waals surface area (Å²) in [6, 6.07) is 22.3. The molecule has 0 spiro atoms. The van der Waals surface area contributed by atoms with E-state index < -0.39 is 5.91 Å². The molecule has 0 aliphatic carbocycles. The van der Waals surface area contributed by atoms with Crippen LogP contribution in [0.25, 0.3) is 11.4 Å². The first kappa shape index (κ1) is 18.2. The molecule has 144 valence electrons. The van der Waals surface area contributed by atoms with E-state index in [0.717, 1.165) is 5.56 Å². The van der Waals surface area contributed by atoms with Gasteiger partial charge >= 0.3 is 0 Å². The molecule has 29 heavy (non-hydrogen) atoms. The summed E-state index contributed by atoms with van der Waals surface area (Å²) in [6.07, 6.45) is 1.61. The van der Waals surface area contributed by atoms with E-state index in [4.69, 9.17) is 15.0 Å². The van der Waals surface area contributed by atoms with Gasteiger partial charge in [-0.1, -0.05) is 47.6 Å². The number of hydrogen-bond acceptors (Lipinski definition) is 6. The Bertz CT molecular complexity index is 1110. The predicted octanol–water partition coefficient (Wildman–Crippen LogP) is 4.15. The van der Waals surface area contributed by atoms with Crippen molar-refractivity contribution in [1.29, 1.82) is 0 Å². The minimum absolute atomic E-state index is 0.0698. The van der Waals surface area contributed by atoms with Gasteiger partial charge in [-0.05, 0) is 29.8 Å². The van der Waals surface area contributed by atoms with Crippen molar-refractivity contribution >= 4 is 17.5 Å². The van der Waals surface area contributed by atoms with Crippen molar-refractivity contribution in [2.45, 2.75) is 6.61 Å². The normalized spacial score (nSPS) is 10.5. The third-order valence-corrected chi connectivity index (χ3v) is 4.19. The van der Waals surface area contributed by atoms with Gasteiger partial charge < -0.3 is 20.3 Å². The number of amides is 1. The van der Waals surface area contributed by atoms with E-state index in [0.29, 0.717) is 23.7 Å². The van der Waals surface area contributed by atoms with Gasteiger partial charge in [-0.2, -0.15) is 0 Å². The fraction of sp³-hybridized carbons (Fsp3) is 0.0455. The molecule has 2 aromatic heterocycles. The molecule has 0 unspecified atom stereocenters. The highest BCUT2D eigenvalue weighted by Crippen LogP contribution is 2.27. The molecule has 0 atom stereocenters. The summed E-state index contributed by atoms with van der Waals surface area (Å²) in [5.74, 6) is 0.124. The van der Waals surface area contributed by atoms with Gasteiger partial charge in [0, 0.05) is 18.0 Å². The molecule has 3 N–H and O–H groups in total. The summed E-state index contributed by atoms with van der Waals surface area (Å²) in [4.78, 5) is 17.0. The van der Waals surface area contributed by atoms with Gasteiger partial charge in [0.25, 0.3) is 5.91 Å². The van der Waals surface area contributed by atoms with Gasteiger partial charge in [0.05, 0.1) is 5.69 Å². The van der Waals surface area contributed by atoms with Crippen molar-refractivity contribution in [3.63, 3.8) is 0 Å². The number of benzene rings is 2. The Kier molecular flexibility index (Phi) is 5.20. The largest absolute Gasteiger partial charge is 0.489 e. The predicted molar refractivity (Wildman–Crippen MR) is 109 cm³/mol. The number of hydrogen-bond donors (Lipinski definition) is 2. The molecule has 0 saturated carbocycles. The van der Waals surface area contributed by atoms with E-state index in [1.165, 1.54) is 0 Å². The number of nitrogen functional groups attached to an aromatic ring is 1. The number of carbonyl (C=O) groups excluding carboxylic acids is 1. The van der Waals surface area contributed by atoms with E-state index in [2.05, 4.69) is 15.5 Å². The Morgan fingerprint density at radius 1 is 1.03 bits per heavy atom. The molecule has 0 aliphatic heterocycles. The van der Waals surface area contributed by atoms with E-state index >= 15 is 0 Å². The summed E-state index contributed by atoms with van der Waals surface area (Å²) in [5.41, 5.74) is 8.38. The van der Waals surface area contributed by atoms with Crippen LogP contribution >= 0.6 is 0 Å². The minimum atomic E-state index is -0.440. The number of ether oxygens (including phenoxy) is 1. The van der Waals surface area contributed by atoms with Gasteiger partial charge in [-0.15, -0.1) is 0 Å². The summed E-state index contributed by atoms with van der Waals surface area (Å²) < 4.78 is 10.8. The zero-order valence-corrected chi connectivity index (χ0v) is 15.4. The monoisotopic (exact) mass is 386 g/mol. The van der Waals surface area contributed by atoms with E-state index in [9.17, 15) is 4.79 Å². The van der Waals surface area contributed by atoms with E-state index in [-0.39, 0.29) is 17.1 Å². The zero-order valence-electron chi connectivity index (χ0n) is 15.4. The Morgan fingerprint density at radius 2 is 1.86 bits per heavy atom. The molecule has 4 rings (SSSR count). The SMILES string of the molecule is Nc1onc(-c2ccccn2)c1C(=O)Nc1cccc(OCc2ccccc2)c1. The highest BCUT2D eigenvalue weighted by Gasteiger charge is 2.23. The smallest absolute Gasteiger partial charge is 0.263 e. The first-order valence-corrected chi connectivity index (χ1v) is 8.95. The van der Waals surface area contributed by atoms with Crippen molar-refractivity contribution in [3.05, 3.63) is 90.1 Å². The second kappa shape index (κ2) is 8.26. The van der Waals surface area contributed by atoms with Crippen LogP contribution in [-0.2, 0) is 6.61 Å². The van der Waals surface area contributed by atoms with Crippen LogP contribution in [-0.4, -0.2) is 16.0 Å². The van der Waals surface area contributed by atoms with Gasteiger partial charge in [0.15, 0.2) is 0 Å². The minimum Gasteiger partial charge on any atom is -0.489 e. The average Bonchev–Trinajstić information content (AvgIpc) is 3.15. The van der Waals surface area contributed by atoms with Gasteiger partial charge in [0.2, 0.25) is 5.88 Å². The lowest BCUT2D eigenvalue weighted by Crippen LogP contribution is -2.14. The molecule has 0 fully saturated rings. The number of nitrogens with zero attached hydrogens (tertiary/aromatic N) is 2. The zero-order chi connectivity index (χ0) is 20.1. The van der Waals surface area contributed by atoms with E-state index in [1.54, 1.807) is 42.6 Å². The lowest BCUT2D eigenvalue weighted by atomic mass is 10.1. The molecule has 4 aromatic rings. The highest BCUT2D eigenvalue weighted by molar-refractivity contribution is 6.10. The standard InChI is InChI=1S/C22H18N4O3/c23-21-19(20(26-29-21)18-11-4-5-12-24-18)22(27)25-16-9-6-10-17(13-16)28-14-15-7-2-1-3-8-15/h1-13H,14,23H2,(H,25,27). The molecule has 0 aliphatic rings. The summed E-state index contributed by atoms with van der Waals surface area (Å²) >= 11 is 0. The fourth-order valence-corrected chi connectivity index (χ4v) is 2.80. The number of pyridine rings is 1. The first-order valence-electron chi connectivity index (χ1n) is 8.95. The van der Waals surface area contributed by atoms with Crippen LogP contribution in [0.2, 0.25) is 0 Å². The third kappa shape index (κ3) is 4.24. The second-order valence-corrected chi connectivity index (χ2v) is 6.24. The number of carbonyl (C=O) groups is 1. The van der Waals surface area contributed by atoms with Crippen molar-refractivity contribution < 1.29 is 14.1 Å². The van der Waals surface area contributed by atoms with Crippen LogP contribution in [0.3, 0.4) is 0 Å². The Morgan fingerprint density at radius 3 is 2.66 bits per heavy atom. The Labute approximate surface area is 167 Å². The van der Waals surface area contributed by atoms with Crippen molar-refractivity contribution in [3.8, 4) is 17.1 Å². The topological polar surface area (TPSA) is 103 Å². The van der Waals surface area contributed by atoms with Gasteiger partial charge in [-0.3, -0.25) is 9.78 Å². The van der Waals surface area contributed by atoms with E-state index in [1.807, 2.05) is 36.4 Å². The Balaban J connectivity index is 1.50. The van der Waals surface area contributed by atoms with Gasteiger partial charge in [0.1, 0.15) is 23.6 Å². The van der Waals surface area contributed by atoms with Crippen LogP contribution < -0.4 is 15.8 Å². The molecule has 7 nitrogen and oxygen atoms in total. The van der Waals surface area contributed by atoms with Crippen LogP contribution in [0.5, 0.6) is 5.75 Å². The second-order valence-electron chi connectivity index (χ2n) is 6.24. The maximum atomic E-state index is 12.8. The van der Waals surface area contributed by atoms with Crippen LogP contribution in [0, 0.1) is 0 Å². The molecule has 7 heteroatoms. The highest BCUT2D eigenvalue weighted by atomic mass is 16.5. The van der Waals surface area contributed by atoms with Crippen molar-refractivity contribution in [2.24, 2.45) is 0 Å². The van der Waals surface area contributed by atoms with Crippen molar-refractivity contribution in [2.75, 3.05) is 11.1 Å². The summed E-state index contributed by atoms with van der Waals surface area (Å²) in [6.45, 7) is 0.431. The quantitative estimate of drug-likeness (QED) is 0.516. The molecule has 0 radical (unpaired) electrons. The van der Waals surface area contributed by atoms with Crippen LogP contribution in [0.15, 0.2) is 83.5 Å². The van der Waals surface area contributed by atoms with Gasteiger partial charge in [-0.25, -0.2) is 0 Å².